The highest BCUT2D eigenvalue weighted by molar-refractivity contribution is 8.01. The standard InChI is InChI=1S/C14H16N4S2/c1-10-5-6-12(11(2)9-10)16-13-17-18-14(20-13)19-8-4-3-7-15/h5-6,9H,3-4,8H2,1-2H3,(H,16,17). The maximum absolute atomic E-state index is 8.48. The van der Waals surface area contributed by atoms with Crippen LogP contribution in [-0.4, -0.2) is 16.0 Å². The molecular weight excluding hydrogens is 288 g/mol. The van der Waals surface area contributed by atoms with Crippen molar-refractivity contribution in [3.63, 3.8) is 0 Å². The van der Waals surface area contributed by atoms with E-state index in [1.807, 2.05) is 0 Å². The summed E-state index contributed by atoms with van der Waals surface area (Å²) < 4.78 is 0.940. The summed E-state index contributed by atoms with van der Waals surface area (Å²) in [6.45, 7) is 4.16. The average molecular weight is 304 g/mol. The molecule has 0 bridgehead atoms. The summed E-state index contributed by atoms with van der Waals surface area (Å²) in [5, 5.41) is 20.9. The highest BCUT2D eigenvalue weighted by atomic mass is 32.2. The van der Waals surface area contributed by atoms with Gasteiger partial charge in [0.05, 0.1) is 6.07 Å². The van der Waals surface area contributed by atoms with Crippen LogP contribution in [0.5, 0.6) is 0 Å². The summed E-state index contributed by atoms with van der Waals surface area (Å²) in [6, 6.07) is 8.42. The van der Waals surface area contributed by atoms with Crippen molar-refractivity contribution in [3.8, 4) is 6.07 Å². The first kappa shape index (κ1) is 14.8. The molecule has 1 aromatic carbocycles. The molecule has 1 heterocycles. The Hall–Kier alpha value is -1.58. The van der Waals surface area contributed by atoms with Gasteiger partial charge < -0.3 is 5.32 Å². The van der Waals surface area contributed by atoms with Gasteiger partial charge in [0.2, 0.25) is 5.13 Å². The Bertz CT molecular complexity index is 616. The van der Waals surface area contributed by atoms with Crippen LogP contribution in [0.25, 0.3) is 0 Å². The number of hydrogen-bond acceptors (Lipinski definition) is 6. The van der Waals surface area contributed by atoms with Gasteiger partial charge >= 0.3 is 0 Å². The van der Waals surface area contributed by atoms with E-state index in [-0.39, 0.29) is 0 Å². The van der Waals surface area contributed by atoms with E-state index in [0.717, 1.165) is 27.3 Å². The van der Waals surface area contributed by atoms with Crippen molar-refractivity contribution in [2.24, 2.45) is 0 Å². The van der Waals surface area contributed by atoms with Gasteiger partial charge in [-0.15, -0.1) is 10.2 Å². The molecule has 0 radical (unpaired) electrons. The van der Waals surface area contributed by atoms with Gasteiger partial charge in [0, 0.05) is 17.9 Å². The number of nitriles is 1. The number of unbranched alkanes of at least 4 members (excludes halogenated alkanes) is 1. The summed E-state index contributed by atoms with van der Waals surface area (Å²) in [4.78, 5) is 0. The molecule has 0 saturated heterocycles. The second kappa shape index (κ2) is 7.27. The molecular formula is C14H16N4S2. The molecule has 0 aliphatic heterocycles. The van der Waals surface area contributed by atoms with Crippen LogP contribution in [0.4, 0.5) is 10.8 Å². The van der Waals surface area contributed by atoms with Crippen LogP contribution in [0, 0.1) is 25.2 Å². The van der Waals surface area contributed by atoms with Crippen LogP contribution in [0.3, 0.4) is 0 Å². The number of hydrogen-bond donors (Lipinski definition) is 1. The lowest BCUT2D eigenvalue weighted by Gasteiger charge is -2.06. The Morgan fingerprint density at radius 1 is 1.35 bits per heavy atom. The van der Waals surface area contributed by atoms with Gasteiger partial charge in [-0.3, -0.25) is 0 Å². The number of anilines is 2. The first-order valence-corrected chi connectivity index (χ1v) is 8.17. The van der Waals surface area contributed by atoms with Crippen molar-refractivity contribution in [1.29, 1.82) is 5.26 Å². The largest absolute Gasteiger partial charge is 0.330 e. The lowest BCUT2D eigenvalue weighted by molar-refractivity contribution is 0.971. The number of thioether (sulfide) groups is 1. The SMILES string of the molecule is Cc1ccc(Nc2nnc(SCCCC#N)s2)c(C)c1. The Balaban J connectivity index is 1.94. The molecule has 4 nitrogen and oxygen atoms in total. The molecule has 0 amide bonds. The molecule has 104 valence electrons. The van der Waals surface area contributed by atoms with Crippen LogP contribution >= 0.6 is 23.1 Å². The van der Waals surface area contributed by atoms with Crippen molar-refractivity contribution in [1.82, 2.24) is 10.2 Å². The van der Waals surface area contributed by atoms with E-state index in [4.69, 9.17) is 5.26 Å². The zero-order valence-electron chi connectivity index (χ0n) is 11.5. The highest BCUT2D eigenvalue weighted by Gasteiger charge is 2.06. The first-order valence-electron chi connectivity index (χ1n) is 6.36. The number of rotatable bonds is 6. The minimum Gasteiger partial charge on any atom is -0.330 e. The summed E-state index contributed by atoms with van der Waals surface area (Å²) >= 11 is 3.20. The summed E-state index contributed by atoms with van der Waals surface area (Å²) in [5.41, 5.74) is 3.51. The zero-order valence-corrected chi connectivity index (χ0v) is 13.1. The smallest absolute Gasteiger partial charge is 0.210 e. The van der Waals surface area contributed by atoms with E-state index in [0.29, 0.717) is 6.42 Å². The Morgan fingerprint density at radius 3 is 2.95 bits per heavy atom. The quantitative estimate of drug-likeness (QED) is 0.637. The van der Waals surface area contributed by atoms with Gasteiger partial charge in [0.1, 0.15) is 0 Å². The molecule has 0 atom stereocenters. The Morgan fingerprint density at radius 2 is 2.20 bits per heavy atom. The van der Waals surface area contributed by atoms with Gasteiger partial charge in [-0.2, -0.15) is 5.26 Å². The third kappa shape index (κ3) is 4.22. The van der Waals surface area contributed by atoms with E-state index in [1.165, 1.54) is 11.1 Å². The minimum atomic E-state index is 0.597. The molecule has 0 spiro atoms. The van der Waals surface area contributed by atoms with Gasteiger partial charge in [0.25, 0.3) is 0 Å². The van der Waals surface area contributed by atoms with E-state index < -0.39 is 0 Å². The lowest BCUT2D eigenvalue weighted by Crippen LogP contribution is -1.92. The van der Waals surface area contributed by atoms with Crippen molar-refractivity contribution in [2.75, 3.05) is 11.1 Å². The fourth-order valence-electron chi connectivity index (χ4n) is 1.70. The summed E-state index contributed by atoms with van der Waals surface area (Å²) in [6.07, 6.45) is 1.49. The minimum absolute atomic E-state index is 0.597. The monoisotopic (exact) mass is 304 g/mol. The number of aromatic nitrogens is 2. The van der Waals surface area contributed by atoms with Gasteiger partial charge in [0.15, 0.2) is 4.34 Å². The summed E-state index contributed by atoms with van der Waals surface area (Å²) in [5.74, 6) is 0.908. The highest BCUT2D eigenvalue weighted by Crippen LogP contribution is 2.29. The van der Waals surface area contributed by atoms with Crippen LogP contribution in [0.15, 0.2) is 22.5 Å². The normalized spacial score (nSPS) is 10.2. The third-order valence-electron chi connectivity index (χ3n) is 2.69. The average Bonchev–Trinajstić information content (AvgIpc) is 2.86. The molecule has 0 fully saturated rings. The first-order chi connectivity index (χ1) is 9.69. The van der Waals surface area contributed by atoms with Crippen molar-refractivity contribution in [2.45, 2.75) is 31.0 Å². The van der Waals surface area contributed by atoms with E-state index in [2.05, 4.69) is 53.6 Å². The van der Waals surface area contributed by atoms with Crippen LogP contribution in [0.1, 0.15) is 24.0 Å². The number of nitrogens with one attached hydrogen (secondary N) is 1. The third-order valence-corrected chi connectivity index (χ3v) is 4.75. The maximum atomic E-state index is 8.48. The second-order valence-electron chi connectivity index (χ2n) is 4.43. The summed E-state index contributed by atoms with van der Waals surface area (Å²) in [7, 11) is 0. The van der Waals surface area contributed by atoms with E-state index in [9.17, 15) is 0 Å². The zero-order chi connectivity index (χ0) is 14.4. The van der Waals surface area contributed by atoms with Crippen LogP contribution in [0.2, 0.25) is 0 Å². The molecule has 0 aliphatic rings. The predicted molar refractivity (Wildman–Crippen MR) is 84.7 cm³/mol. The molecule has 0 unspecified atom stereocenters. The fraction of sp³-hybridized carbons (Fsp3) is 0.357. The molecule has 6 heteroatoms. The topological polar surface area (TPSA) is 61.6 Å². The van der Waals surface area contributed by atoms with E-state index in [1.54, 1.807) is 23.1 Å². The van der Waals surface area contributed by atoms with Crippen molar-refractivity contribution < 1.29 is 0 Å². The maximum Gasteiger partial charge on any atom is 0.210 e. The molecule has 20 heavy (non-hydrogen) atoms. The molecule has 2 rings (SSSR count). The van der Waals surface area contributed by atoms with Gasteiger partial charge in [-0.05, 0) is 31.9 Å². The number of benzene rings is 1. The molecule has 2 aromatic rings. The van der Waals surface area contributed by atoms with E-state index >= 15 is 0 Å². The molecule has 1 aromatic heterocycles. The van der Waals surface area contributed by atoms with Crippen LogP contribution in [-0.2, 0) is 0 Å². The molecule has 1 N–H and O–H groups in total. The Labute approximate surface area is 127 Å². The fourth-order valence-corrected chi connectivity index (χ4v) is 3.47. The van der Waals surface area contributed by atoms with Crippen LogP contribution < -0.4 is 5.32 Å². The molecule has 0 saturated carbocycles. The lowest BCUT2D eigenvalue weighted by atomic mass is 10.1. The van der Waals surface area contributed by atoms with Crippen molar-refractivity contribution >= 4 is 33.9 Å². The molecule has 0 aliphatic carbocycles. The number of aryl methyl sites for hydroxylation is 2. The van der Waals surface area contributed by atoms with Crippen molar-refractivity contribution in [3.05, 3.63) is 29.3 Å². The predicted octanol–water partition coefficient (Wildman–Crippen LogP) is 4.29. The second-order valence-corrected chi connectivity index (χ2v) is 6.75. The number of nitrogens with zero attached hydrogens (tertiary/aromatic N) is 3. The van der Waals surface area contributed by atoms with Gasteiger partial charge in [-0.1, -0.05) is 40.8 Å². The Kier molecular flexibility index (Phi) is 5.39. The van der Waals surface area contributed by atoms with Gasteiger partial charge in [-0.25, -0.2) is 0 Å².